The quantitative estimate of drug-likeness (QED) is 0.556. The highest BCUT2D eigenvalue weighted by Gasteiger charge is 2.13. The molecule has 0 aliphatic carbocycles. The summed E-state index contributed by atoms with van der Waals surface area (Å²) in [6.07, 6.45) is 9.15. The van der Waals surface area contributed by atoms with E-state index in [4.69, 9.17) is 5.73 Å². The number of carbonyl (C=O) groups is 2. The molecular weight excluding hydrogens is 341 g/mol. The summed E-state index contributed by atoms with van der Waals surface area (Å²) in [5.41, 5.74) is 5.44. The van der Waals surface area contributed by atoms with Crippen LogP contribution in [0.2, 0.25) is 0 Å². The van der Waals surface area contributed by atoms with Gasteiger partial charge >= 0.3 is 0 Å². The maximum absolute atomic E-state index is 12.0. The summed E-state index contributed by atoms with van der Waals surface area (Å²) in [7, 11) is 0. The number of primary amides is 1. The number of hydrogen-bond acceptors (Lipinski definition) is 5. The Morgan fingerprint density at radius 3 is 2.73 bits per heavy atom. The average Bonchev–Trinajstić information content (AvgIpc) is 3.30. The molecule has 0 radical (unpaired) electrons. The third-order valence-electron chi connectivity index (χ3n) is 2.88. The van der Waals surface area contributed by atoms with Crippen molar-refractivity contribution in [2.24, 2.45) is 5.73 Å². The van der Waals surface area contributed by atoms with Crippen LogP contribution in [0.15, 0.2) is 49.2 Å². The Morgan fingerprint density at radius 2 is 2.15 bits per heavy atom. The molecule has 0 aliphatic rings. The Kier molecular flexibility index (Phi) is 8.73. The Balaban J connectivity index is 0.000000359. The van der Waals surface area contributed by atoms with Crippen LogP contribution >= 0.6 is 0 Å². The highest BCUT2D eigenvalue weighted by Crippen LogP contribution is 2.11. The molecule has 0 fully saturated rings. The van der Waals surface area contributed by atoms with Crippen molar-refractivity contribution in [2.75, 3.05) is 5.32 Å². The van der Waals surface area contributed by atoms with Crippen molar-refractivity contribution in [3.8, 4) is 0 Å². The highest BCUT2D eigenvalue weighted by molar-refractivity contribution is 6.01. The maximum Gasteiger partial charge on any atom is 0.268 e. The lowest BCUT2D eigenvalue weighted by Gasteiger charge is -2.02. The first-order chi connectivity index (χ1) is 12.5. The molecule has 26 heavy (non-hydrogen) atoms. The molecular formula is C16H20FN7O2. The lowest BCUT2D eigenvalue weighted by Crippen LogP contribution is -2.18. The normalized spacial score (nSPS) is 10.9. The smallest absolute Gasteiger partial charge is 0.268 e. The molecule has 0 bridgehead atoms. The Bertz CT molecular complexity index is 778. The predicted molar refractivity (Wildman–Crippen MR) is 94.6 cm³/mol. The van der Waals surface area contributed by atoms with E-state index in [2.05, 4.69) is 37.3 Å². The molecule has 2 aromatic rings. The van der Waals surface area contributed by atoms with Crippen LogP contribution < -0.4 is 11.1 Å². The van der Waals surface area contributed by atoms with Crippen LogP contribution in [0.25, 0.3) is 0 Å². The number of hydrogen-bond donors (Lipinski definition) is 4. The number of halogens is 1. The first-order valence-corrected chi connectivity index (χ1v) is 7.56. The van der Waals surface area contributed by atoms with E-state index in [0.717, 1.165) is 0 Å². The summed E-state index contributed by atoms with van der Waals surface area (Å²) in [6, 6.07) is 0. The number of H-pyrrole nitrogens is 2. The second-order valence-electron chi connectivity index (χ2n) is 4.77. The van der Waals surface area contributed by atoms with E-state index in [-0.39, 0.29) is 29.5 Å². The molecule has 0 saturated carbocycles. The summed E-state index contributed by atoms with van der Waals surface area (Å²) in [5, 5.41) is 14.9. The lowest BCUT2D eigenvalue weighted by atomic mass is 10.2. The first-order valence-electron chi connectivity index (χ1n) is 7.56. The summed E-state index contributed by atoms with van der Waals surface area (Å²) in [6.45, 7) is 5.03. The van der Waals surface area contributed by atoms with Crippen molar-refractivity contribution in [3.63, 3.8) is 0 Å². The molecule has 0 aromatic carbocycles. The van der Waals surface area contributed by atoms with Crippen LogP contribution in [0.4, 0.5) is 10.1 Å². The SMILES string of the molecule is C=C/C=C\C(F)=C/C.NC(=O)c1[nH]ncc1NC(=O)CCc1ncn[nH]1. The molecule has 0 atom stereocenters. The topological polar surface area (TPSA) is 142 Å². The molecule has 0 spiro atoms. The number of amides is 2. The molecule has 2 amide bonds. The van der Waals surface area contributed by atoms with Crippen LogP contribution in [-0.4, -0.2) is 37.2 Å². The molecule has 10 heteroatoms. The van der Waals surface area contributed by atoms with Crippen LogP contribution in [0.3, 0.4) is 0 Å². The third kappa shape index (κ3) is 7.34. The minimum absolute atomic E-state index is 0.0722. The summed E-state index contributed by atoms with van der Waals surface area (Å²) >= 11 is 0. The van der Waals surface area contributed by atoms with E-state index >= 15 is 0 Å². The second-order valence-corrected chi connectivity index (χ2v) is 4.77. The average molecular weight is 361 g/mol. The van der Waals surface area contributed by atoms with Gasteiger partial charge in [0.1, 0.15) is 23.7 Å². The number of anilines is 1. The number of aryl methyl sites for hydroxylation is 1. The molecule has 0 unspecified atom stereocenters. The largest absolute Gasteiger partial charge is 0.364 e. The number of rotatable bonds is 7. The van der Waals surface area contributed by atoms with Crippen molar-refractivity contribution in [2.45, 2.75) is 19.8 Å². The number of carbonyl (C=O) groups excluding carboxylic acids is 2. The van der Waals surface area contributed by atoms with Gasteiger partial charge in [-0.1, -0.05) is 24.8 Å². The first kappa shape index (κ1) is 20.5. The van der Waals surface area contributed by atoms with Crippen molar-refractivity contribution in [1.82, 2.24) is 25.4 Å². The van der Waals surface area contributed by atoms with Gasteiger partial charge in [0.15, 0.2) is 0 Å². The Labute approximate surface area is 149 Å². The molecule has 0 aliphatic heterocycles. The van der Waals surface area contributed by atoms with Gasteiger partial charge in [-0.15, -0.1) is 0 Å². The van der Waals surface area contributed by atoms with Crippen molar-refractivity contribution in [3.05, 3.63) is 60.8 Å². The Morgan fingerprint density at radius 1 is 1.38 bits per heavy atom. The van der Waals surface area contributed by atoms with Gasteiger partial charge in [0, 0.05) is 12.8 Å². The molecule has 2 heterocycles. The second kappa shape index (κ2) is 11.1. The van der Waals surface area contributed by atoms with Crippen LogP contribution in [0.5, 0.6) is 0 Å². The number of nitrogens with two attached hydrogens (primary N) is 1. The van der Waals surface area contributed by atoms with Gasteiger partial charge in [0.25, 0.3) is 5.91 Å². The zero-order valence-corrected chi connectivity index (χ0v) is 14.2. The van der Waals surface area contributed by atoms with Crippen LogP contribution in [-0.2, 0) is 11.2 Å². The van der Waals surface area contributed by atoms with Gasteiger partial charge in [0.2, 0.25) is 5.91 Å². The standard InChI is InChI=1S/C9H11N7O2.C7H9F/c10-9(18)8-5(3-12-16-8)14-7(17)2-1-6-11-4-13-15-6;1-3-5-6-7(8)4-2/h3-4H,1-2H2,(H2,10,18)(H,12,16)(H,14,17)(H,11,13,15);3-6H,1H2,2H3/b;6-5-,7-4+. The van der Waals surface area contributed by atoms with Crippen molar-refractivity contribution in [1.29, 1.82) is 0 Å². The molecule has 9 nitrogen and oxygen atoms in total. The summed E-state index contributed by atoms with van der Waals surface area (Å²) in [5.74, 6) is -0.564. The molecule has 2 rings (SSSR count). The van der Waals surface area contributed by atoms with Gasteiger partial charge < -0.3 is 11.1 Å². The third-order valence-corrected chi connectivity index (χ3v) is 2.88. The zero-order chi connectivity index (χ0) is 19.4. The molecule has 5 N–H and O–H groups in total. The van der Waals surface area contributed by atoms with Gasteiger partial charge in [-0.2, -0.15) is 10.2 Å². The molecule has 138 valence electrons. The van der Waals surface area contributed by atoms with Crippen LogP contribution in [0.1, 0.15) is 29.7 Å². The van der Waals surface area contributed by atoms with Gasteiger partial charge in [-0.05, 0) is 13.0 Å². The minimum Gasteiger partial charge on any atom is -0.364 e. The lowest BCUT2D eigenvalue weighted by molar-refractivity contribution is -0.116. The van der Waals surface area contributed by atoms with Crippen LogP contribution in [0, 0.1) is 0 Å². The highest BCUT2D eigenvalue weighted by atomic mass is 19.1. The van der Waals surface area contributed by atoms with Gasteiger partial charge in [-0.3, -0.25) is 19.8 Å². The fourth-order valence-electron chi connectivity index (χ4n) is 1.62. The number of nitrogens with zero attached hydrogens (tertiary/aromatic N) is 3. The van der Waals surface area contributed by atoms with E-state index < -0.39 is 5.91 Å². The monoisotopic (exact) mass is 361 g/mol. The number of allylic oxidation sites excluding steroid dienone is 5. The fraction of sp³-hybridized carbons (Fsp3) is 0.188. The summed E-state index contributed by atoms with van der Waals surface area (Å²) in [4.78, 5) is 26.5. The van der Waals surface area contributed by atoms with E-state index in [1.807, 2.05) is 0 Å². The van der Waals surface area contributed by atoms with Crippen molar-refractivity contribution < 1.29 is 14.0 Å². The van der Waals surface area contributed by atoms with Gasteiger partial charge in [-0.25, -0.2) is 9.37 Å². The summed E-state index contributed by atoms with van der Waals surface area (Å²) < 4.78 is 12.0. The minimum atomic E-state index is -0.682. The number of aromatic amines is 2. The van der Waals surface area contributed by atoms with E-state index in [9.17, 15) is 14.0 Å². The fourth-order valence-corrected chi connectivity index (χ4v) is 1.62. The van der Waals surface area contributed by atoms with E-state index in [1.165, 1.54) is 30.8 Å². The number of nitrogens with one attached hydrogen (secondary N) is 3. The molecule has 0 saturated heterocycles. The van der Waals surface area contributed by atoms with E-state index in [1.54, 1.807) is 13.0 Å². The predicted octanol–water partition coefficient (Wildman–Crippen LogP) is 1.80. The van der Waals surface area contributed by atoms with Crippen molar-refractivity contribution >= 4 is 17.5 Å². The van der Waals surface area contributed by atoms with Gasteiger partial charge in [0.05, 0.1) is 11.9 Å². The maximum atomic E-state index is 12.0. The van der Waals surface area contributed by atoms with E-state index in [0.29, 0.717) is 12.2 Å². The zero-order valence-electron chi connectivity index (χ0n) is 14.2. The Hall–Kier alpha value is -3.56. The molecule has 2 aromatic heterocycles. The number of aromatic nitrogens is 5.